The quantitative estimate of drug-likeness (QED) is 0.439. The van der Waals surface area contributed by atoms with Gasteiger partial charge in [-0.05, 0) is 36.8 Å². The van der Waals surface area contributed by atoms with Gasteiger partial charge in [0.05, 0.1) is 23.0 Å². The fraction of sp³-hybridized carbons (Fsp3) is 0.211. The topological polar surface area (TPSA) is 82.3 Å². The van der Waals surface area contributed by atoms with Crippen molar-refractivity contribution in [2.45, 2.75) is 19.4 Å². The van der Waals surface area contributed by atoms with Gasteiger partial charge >= 0.3 is 0 Å². The lowest BCUT2D eigenvalue weighted by molar-refractivity contribution is -0.122. The van der Waals surface area contributed by atoms with E-state index in [0.717, 1.165) is 5.56 Å². The molecule has 0 saturated carbocycles. The molecule has 0 heterocycles. The first-order valence-corrected chi connectivity index (χ1v) is 9.23. The van der Waals surface area contributed by atoms with Crippen LogP contribution in [-0.4, -0.2) is 23.5 Å². The summed E-state index contributed by atoms with van der Waals surface area (Å²) in [6.45, 7) is 2.54. The van der Waals surface area contributed by atoms with E-state index in [2.05, 4.69) is 21.5 Å². The second-order valence-corrected chi connectivity index (χ2v) is 6.47. The van der Waals surface area contributed by atoms with Gasteiger partial charge in [0.25, 0.3) is 5.91 Å². The Labute approximate surface area is 168 Å². The highest BCUT2D eigenvalue weighted by molar-refractivity contribution is 7.80. The molecule has 2 aromatic carbocycles. The lowest BCUT2D eigenvalue weighted by Gasteiger charge is -2.20. The van der Waals surface area contributed by atoms with Gasteiger partial charge in [-0.15, -0.1) is 0 Å². The molecule has 0 aromatic heterocycles. The molecule has 142 valence electrons. The van der Waals surface area contributed by atoms with Gasteiger partial charge in [0.15, 0.2) is 5.11 Å². The van der Waals surface area contributed by atoms with Crippen LogP contribution in [0.4, 0.5) is 0 Å². The molecule has 0 unspecified atom stereocenters. The Balaban J connectivity index is 2.08. The van der Waals surface area contributed by atoms with Gasteiger partial charge in [0, 0.05) is 6.54 Å². The van der Waals surface area contributed by atoms with Crippen LogP contribution in [0.15, 0.2) is 54.6 Å². The molecular weight excluding hydrogens is 384 g/mol. The Morgan fingerprint density at radius 1 is 1.04 bits per heavy atom. The predicted octanol–water partition coefficient (Wildman–Crippen LogP) is 2.72. The molecule has 2 amide bonds. The molecule has 0 fully saturated rings. The number of hydrazine groups is 1. The van der Waals surface area contributed by atoms with Crippen molar-refractivity contribution >= 4 is 40.7 Å². The number of halogens is 1. The van der Waals surface area contributed by atoms with Crippen molar-refractivity contribution in [1.82, 2.24) is 21.5 Å². The first kappa shape index (κ1) is 20.7. The minimum absolute atomic E-state index is 0.0297. The van der Waals surface area contributed by atoms with Gasteiger partial charge in [-0.1, -0.05) is 54.1 Å². The van der Waals surface area contributed by atoms with Crippen LogP contribution in [0.3, 0.4) is 0 Å². The summed E-state index contributed by atoms with van der Waals surface area (Å²) < 4.78 is 0. The number of hydrogen-bond acceptors (Lipinski definition) is 3. The van der Waals surface area contributed by atoms with Gasteiger partial charge in [-0.25, -0.2) is 0 Å². The van der Waals surface area contributed by atoms with Crippen molar-refractivity contribution in [3.05, 3.63) is 70.7 Å². The monoisotopic (exact) mass is 404 g/mol. The molecule has 0 spiro atoms. The maximum atomic E-state index is 12.6. The number of benzene rings is 2. The van der Waals surface area contributed by atoms with E-state index in [1.165, 1.54) is 0 Å². The Hall–Kier alpha value is -2.64. The second-order valence-electron chi connectivity index (χ2n) is 5.65. The van der Waals surface area contributed by atoms with Gasteiger partial charge in [-0.2, -0.15) is 0 Å². The van der Waals surface area contributed by atoms with Gasteiger partial charge < -0.3 is 10.6 Å². The van der Waals surface area contributed by atoms with Crippen LogP contribution in [0, 0.1) is 0 Å². The van der Waals surface area contributed by atoms with Crippen molar-refractivity contribution in [2.24, 2.45) is 0 Å². The highest BCUT2D eigenvalue weighted by Crippen LogP contribution is 2.20. The molecule has 2 rings (SSSR count). The molecule has 2 aromatic rings. The van der Waals surface area contributed by atoms with E-state index >= 15 is 0 Å². The van der Waals surface area contributed by atoms with E-state index in [0.29, 0.717) is 22.2 Å². The van der Waals surface area contributed by atoms with Crippen LogP contribution < -0.4 is 21.5 Å². The van der Waals surface area contributed by atoms with Crippen molar-refractivity contribution in [3.63, 3.8) is 0 Å². The molecule has 1 atom stereocenters. The number of amides is 2. The van der Waals surface area contributed by atoms with Crippen LogP contribution in [0.2, 0.25) is 5.02 Å². The summed E-state index contributed by atoms with van der Waals surface area (Å²) in [4.78, 5) is 24.9. The van der Waals surface area contributed by atoms with Crippen LogP contribution in [-0.2, 0) is 4.79 Å². The molecule has 0 radical (unpaired) electrons. The first-order chi connectivity index (χ1) is 13.0. The number of rotatable bonds is 6. The summed E-state index contributed by atoms with van der Waals surface area (Å²) in [6, 6.07) is 15.5. The third kappa shape index (κ3) is 6.54. The van der Waals surface area contributed by atoms with Crippen molar-refractivity contribution in [2.75, 3.05) is 6.54 Å². The van der Waals surface area contributed by atoms with Gasteiger partial charge in [0.2, 0.25) is 5.91 Å². The Morgan fingerprint density at radius 2 is 1.70 bits per heavy atom. The van der Waals surface area contributed by atoms with E-state index in [4.69, 9.17) is 23.8 Å². The van der Waals surface area contributed by atoms with E-state index in [1.54, 1.807) is 24.3 Å². The summed E-state index contributed by atoms with van der Waals surface area (Å²) in [6.07, 6.45) is 0.0297. The summed E-state index contributed by atoms with van der Waals surface area (Å²) in [5, 5.41) is 6.41. The molecule has 0 aliphatic heterocycles. The van der Waals surface area contributed by atoms with Crippen molar-refractivity contribution < 1.29 is 9.59 Å². The van der Waals surface area contributed by atoms with Crippen LogP contribution in [0.1, 0.15) is 35.3 Å². The molecule has 0 saturated heterocycles. The summed E-state index contributed by atoms with van der Waals surface area (Å²) in [7, 11) is 0. The number of thiocarbonyl (C=S) groups is 1. The SMILES string of the molecule is CCNC(=S)NNC(=O)C[C@H](NC(=O)c1ccccc1Cl)c1ccccc1. The number of carbonyl (C=O) groups excluding carboxylic acids is 2. The molecule has 8 heteroatoms. The average Bonchev–Trinajstić information content (AvgIpc) is 2.67. The highest BCUT2D eigenvalue weighted by atomic mass is 35.5. The van der Waals surface area contributed by atoms with Crippen molar-refractivity contribution in [1.29, 1.82) is 0 Å². The normalized spacial score (nSPS) is 11.2. The van der Waals surface area contributed by atoms with E-state index < -0.39 is 6.04 Å². The highest BCUT2D eigenvalue weighted by Gasteiger charge is 2.20. The molecule has 0 bridgehead atoms. The van der Waals surface area contributed by atoms with Crippen LogP contribution in [0.5, 0.6) is 0 Å². The zero-order valence-electron chi connectivity index (χ0n) is 14.8. The fourth-order valence-electron chi connectivity index (χ4n) is 2.39. The molecule has 0 aliphatic carbocycles. The van der Waals surface area contributed by atoms with Crippen molar-refractivity contribution in [3.8, 4) is 0 Å². The number of hydrogen-bond donors (Lipinski definition) is 4. The van der Waals surface area contributed by atoms with Gasteiger partial charge in [-0.3, -0.25) is 20.4 Å². The fourth-order valence-corrected chi connectivity index (χ4v) is 2.80. The van der Waals surface area contributed by atoms with Crippen LogP contribution >= 0.6 is 23.8 Å². The summed E-state index contributed by atoms with van der Waals surface area (Å²) >= 11 is 11.1. The standard InChI is InChI=1S/C19H21ClN4O2S/c1-2-21-19(27)24-23-17(25)12-16(13-8-4-3-5-9-13)22-18(26)14-10-6-7-11-15(14)20/h3-11,16H,2,12H2,1H3,(H,22,26)(H,23,25)(H2,21,24,27)/t16-/m0/s1. The minimum atomic E-state index is -0.524. The van der Waals surface area contributed by atoms with E-state index in [9.17, 15) is 9.59 Å². The third-order valence-electron chi connectivity index (χ3n) is 3.67. The lowest BCUT2D eigenvalue weighted by atomic mass is 10.0. The summed E-state index contributed by atoms with van der Waals surface area (Å²) in [5.74, 6) is -0.665. The molecule has 27 heavy (non-hydrogen) atoms. The third-order valence-corrected chi connectivity index (χ3v) is 4.24. The first-order valence-electron chi connectivity index (χ1n) is 8.44. The zero-order valence-corrected chi connectivity index (χ0v) is 16.4. The smallest absolute Gasteiger partial charge is 0.253 e. The second kappa shape index (κ2) is 10.5. The van der Waals surface area contributed by atoms with Crippen LogP contribution in [0.25, 0.3) is 0 Å². The Bertz CT molecular complexity index is 801. The molecule has 6 nitrogen and oxygen atoms in total. The average molecular weight is 405 g/mol. The van der Waals surface area contributed by atoms with E-state index in [1.807, 2.05) is 37.3 Å². The number of carbonyl (C=O) groups is 2. The largest absolute Gasteiger partial charge is 0.362 e. The van der Waals surface area contributed by atoms with E-state index in [-0.39, 0.29) is 18.2 Å². The molecule has 0 aliphatic rings. The minimum Gasteiger partial charge on any atom is -0.362 e. The zero-order chi connectivity index (χ0) is 19.6. The Morgan fingerprint density at radius 3 is 2.37 bits per heavy atom. The van der Waals surface area contributed by atoms with Gasteiger partial charge in [0.1, 0.15) is 0 Å². The predicted molar refractivity (Wildman–Crippen MR) is 110 cm³/mol. The Kier molecular flexibility index (Phi) is 8.03. The number of nitrogens with one attached hydrogen (secondary N) is 4. The molecular formula is C19H21ClN4O2S. The molecule has 4 N–H and O–H groups in total. The lowest BCUT2D eigenvalue weighted by Crippen LogP contribution is -2.47. The maximum Gasteiger partial charge on any atom is 0.253 e. The maximum absolute atomic E-state index is 12.6. The summed E-state index contributed by atoms with van der Waals surface area (Å²) in [5.41, 5.74) is 6.30.